The minimum atomic E-state index is -0.560. The summed E-state index contributed by atoms with van der Waals surface area (Å²) in [6.45, 7) is 11.5. The van der Waals surface area contributed by atoms with Crippen LogP contribution in [0, 0.1) is 0 Å². The third-order valence-electron chi connectivity index (χ3n) is 3.72. The molecule has 0 amide bonds. The zero-order valence-corrected chi connectivity index (χ0v) is 11.3. The lowest BCUT2D eigenvalue weighted by Gasteiger charge is -2.38. The van der Waals surface area contributed by atoms with Gasteiger partial charge in [-0.2, -0.15) is 0 Å². The van der Waals surface area contributed by atoms with Gasteiger partial charge in [0.1, 0.15) is 0 Å². The summed E-state index contributed by atoms with van der Waals surface area (Å²) in [5, 5.41) is 13.4. The van der Waals surface area contributed by atoms with Gasteiger partial charge in [0.15, 0.2) is 0 Å². The highest BCUT2D eigenvalue weighted by Crippen LogP contribution is 2.11. The van der Waals surface area contributed by atoms with E-state index in [2.05, 4.69) is 15.1 Å². The Labute approximate surface area is 105 Å². The fourth-order valence-corrected chi connectivity index (χ4v) is 2.90. The minimum Gasteiger partial charge on any atom is -0.389 e. The van der Waals surface area contributed by atoms with Crippen LogP contribution in [0.25, 0.3) is 0 Å². The van der Waals surface area contributed by atoms with Crippen molar-refractivity contribution in [3.63, 3.8) is 0 Å². The first-order valence-electron chi connectivity index (χ1n) is 6.93. The number of nitrogens with zero attached hydrogens (tertiary/aromatic N) is 2. The van der Waals surface area contributed by atoms with Crippen molar-refractivity contribution in [2.24, 2.45) is 0 Å². The molecule has 100 valence electrons. The van der Waals surface area contributed by atoms with Crippen LogP contribution in [-0.4, -0.2) is 72.4 Å². The van der Waals surface area contributed by atoms with Gasteiger partial charge in [0.2, 0.25) is 0 Å². The van der Waals surface area contributed by atoms with E-state index in [1.165, 1.54) is 25.9 Å². The highest BCUT2D eigenvalue weighted by atomic mass is 16.3. The summed E-state index contributed by atoms with van der Waals surface area (Å²) in [7, 11) is 0. The smallest absolute Gasteiger partial charge is 0.0718 e. The Morgan fingerprint density at radius 2 is 1.82 bits per heavy atom. The summed E-state index contributed by atoms with van der Waals surface area (Å²) in [6.07, 6.45) is 2.67. The van der Waals surface area contributed by atoms with E-state index in [9.17, 15) is 5.11 Å². The molecule has 1 atom stereocenters. The molecular weight excluding hydrogens is 214 g/mol. The molecule has 0 saturated carbocycles. The summed E-state index contributed by atoms with van der Waals surface area (Å²) in [4.78, 5) is 4.93. The van der Waals surface area contributed by atoms with Crippen LogP contribution < -0.4 is 5.32 Å². The van der Waals surface area contributed by atoms with Gasteiger partial charge in [-0.3, -0.25) is 9.80 Å². The quantitative estimate of drug-likeness (QED) is 0.734. The number of hydrogen-bond acceptors (Lipinski definition) is 4. The Morgan fingerprint density at radius 3 is 2.35 bits per heavy atom. The second-order valence-electron chi connectivity index (χ2n) is 6.18. The van der Waals surface area contributed by atoms with Gasteiger partial charge in [-0.25, -0.2) is 0 Å². The Bertz CT molecular complexity index is 225. The van der Waals surface area contributed by atoms with Gasteiger partial charge in [-0.15, -0.1) is 0 Å². The third kappa shape index (κ3) is 4.54. The van der Waals surface area contributed by atoms with E-state index in [-0.39, 0.29) is 0 Å². The average Bonchev–Trinajstić information content (AvgIpc) is 2.71. The van der Waals surface area contributed by atoms with Crippen LogP contribution in [0.1, 0.15) is 26.7 Å². The normalized spacial score (nSPS) is 28.8. The molecule has 0 aromatic heterocycles. The van der Waals surface area contributed by atoms with Crippen molar-refractivity contribution in [2.45, 2.75) is 38.3 Å². The van der Waals surface area contributed by atoms with Crippen molar-refractivity contribution in [3.8, 4) is 0 Å². The van der Waals surface area contributed by atoms with E-state index in [4.69, 9.17) is 0 Å². The molecule has 4 heteroatoms. The number of rotatable bonds is 4. The fraction of sp³-hybridized carbons (Fsp3) is 1.00. The second-order valence-corrected chi connectivity index (χ2v) is 6.18. The summed E-state index contributed by atoms with van der Waals surface area (Å²) < 4.78 is 0. The van der Waals surface area contributed by atoms with Crippen LogP contribution in [0.5, 0.6) is 0 Å². The number of hydrogen-bond donors (Lipinski definition) is 2. The van der Waals surface area contributed by atoms with E-state index in [1.807, 2.05) is 13.8 Å². The molecule has 2 N–H and O–H groups in total. The molecule has 17 heavy (non-hydrogen) atoms. The Hall–Kier alpha value is -0.160. The first-order chi connectivity index (χ1) is 8.03. The second kappa shape index (κ2) is 5.65. The number of aliphatic hydroxyl groups is 1. The van der Waals surface area contributed by atoms with Crippen molar-refractivity contribution in [1.29, 1.82) is 0 Å². The van der Waals surface area contributed by atoms with Crippen molar-refractivity contribution < 1.29 is 5.11 Å². The average molecular weight is 241 g/mol. The molecular formula is C13H27N3O. The molecule has 4 nitrogen and oxygen atoms in total. The first-order valence-corrected chi connectivity index (χ1v) is 6.93. The van der Waals surface area contributed by atoms with Crippen LogP contribution in [0.4, 0.5) is 0 Å². The third-order valence-corrected chi connectivity index (χ3v) is 3.72. The number of piperazine rings is 1. The maximum absolute atomic E-state index is 9.80. The molecule has 2 rings (SSSR count). The standard InChI is InChI=1S/C13H27N3O/c1-13(2,17)11-16-8-6-15(7-9-16)10-12-4-3-5-14-12/h12,14,17H,3-11H2,1-2H3. The molecule has 2 fully saturated rings. The maximum Gasteiger partial charge on any atom is 0.0718 e. The van der Waals surface area contributed by atoms with Crippen LogP contribution in [0.2, 0.25) is 0 Å². The summed E-state index contributed by atoms with van der Waals surface area (Å²) in [5.41, 5.74) is -0.560. The lowest BCUT2D eigenvalue weighted by molar-refractivity contribution is 0.0168. The first kappa shape index (κ1) is 13.3. The van der Waals surface area contributed by atoms with Crippen LogP contribution in [-0.2, 0) is 0 Å². The topological polar surface area (TPSA) is 38.7 Å². The van der Waals surface area contributed by atoms with Crippen molar-refractivity contribution in [3.05, 3.63) is 0 Å². The number of β-amino-alcohol motifs (C(OH)–C–C–N with tert-alkyl or cyclic N) is 1. The predicted molar refractivity (Wildman–Crippen MR) is 70.2 cm³/mol. The van der Waals surface area contributed by atoms with Crippen molar-refractivity contribution >= 4 is 0 Å². The molecule has 0 radical (unpaired) electrons. The lowest BCUT2D eigenvalue weighted by atomic mass is 10.1. The monoisotopic (exact) mass is 241 g/mol. The van der Waals surface area contributed by atoms with Crippen LogP contribution in [0.3, 0.4) is 0 Å². The zero-order chi connectivity index (χ0) is 12.3. The highest BCUT2D eigenvalue weighted by molar-refractivity contribution is 4.82. The molecule has 2 saturated heterocycles. The van der Waals surface area contributed by atoms with Crippen molar-refractivity contribution in [1.82, 2.24) is 15.1 Å². The molecule has 0 bridgehead atoms. The van der Waals surface area contributed by atoms with Gasteiger partial charge in [-0.05, 0) is 33.2 Å². The molecule has 2 heterocycles. The minimum absolute atomic E-state index is 0.560. The Balaban J connectivity index is 1.67. The van der Waals surface area contributed by atoms with Gasteiger partial charge in [-0.1, -0.05) is 0 Å². The predicted octanol–water partition coefficient (Wildman–Crippen LogP) is 0.127. The summed E-state index contributed by atoms with van der Waals surface area (Å²) >= 11 is 0. The SMILES string of the molecule is CC(C)(O)CN1CCN(CC2CCCN2)CC1. The molecule has 2 aliphatic rings. The van der Waals surface area contributed by atoms with Gasteiger partial charge in [0, 0.05) is 45.3 Å². The molecule has 1 unspecified atom stereocenters. The summed E-state index contributed by atoms with van der Waals surface area (Å²) in [6, 6.07) is 0.718. The van der Waals surface area contributed by atoms with Gasteiger partial charge >= 0.3 is 0 Å². The van der Waals surface area contributed by atoms with Gasteiger partial charge < -0.3 is 10.4 Å². The van der Waals surface area contributed by atoms with E-state index in [1.54, 1.807) is 0 Å². The Morgan fingerprint density at radius 1 is 1.18 bits per heavy atom. The molecule has 0 aromatic carbocycles. The van der Waals surface area contributed by atoms with E-state index in [0.29, 0.717) is 0 Å². The Kier molecular flexibility index (Phi) is 4.42. The van der Waals surface area contributed by atoms with Gasteiger partial charge in [0.05, 0.1) is 5.60 Å². The molecule has 0 aliphatic carbocycles. The van der Waals surface area contributed by atoms with Crippen LogP contribution >= 0.6 is 0 Å². The van der Waals surface area contributed by atoms with Crippen molar-refractivity contribution in [2.75, 3.05) is 45.8 Å². The maximum atomic E-state index is 9.80. The zero-order valence-electron chi connectivity index (χ0n) is 11.3. The number of nitrogens with one attached hydrogen (secondary N) is 1. The van der Waals surface area contributed by atoms with E-state index < -0.39 is 5.60 Å². The van der Waals surface area contributed by atoms with Crippen LogP contribution in [0.15, 0.2) is 0 Å². The van der Waals surface area contributed by atoms with E-state index >= 15 is 0 Å². The molecule has 0 spiro atoms. The largest absolute Gasteiger partial charge is 0.389 e. The lowest BCUT2D eigenvalue weighted by Crippen LogP contribution is -2.52. The molecule has 0 aromatic rings. The van der Waals surface area contributed by atoms with Gasteiger partial charge in [0.25, 0.3) is 0 Å². The highest BCUT2D eigenvalue weighted by Gasteiger charge is 2.24. The fourth-order valence-electron chi connectivity index (χ4n) is 2.90. The summed E-state index contributed by atoms with van der Waals surface area (Å²) in [5.74, 6) is 0. The molecule has 2 aliphatic heterocycles. The van der Waals surface area contributed by atoms with E-state index in [0.717, 1.165) is 38.8 Å².